The minimum absolute atomic E-state index is 0.0406. The van der Waals surface area contributed by atoms with Gasteiger partial charge in [0.05, 0.1) is 45.1 Å². The number of hydrogen-bond donors (Lipinski definition) is 0. The van der Waals surface area contributed by atoms with E-state index in [-0.39, 0.29) is 17.9 Å². The van der Waals surface area contributed by atoms with E-state index in [1.165, 1.54) is 5.56 Å². The fourth-order valence-electron chi connectivity index (χ4n) is 4.68. The molecule has 0 unspecified atom stereocenters. The van der Waals surface area contributed by atoms with Crippen LogP contribution in [0.4, 0.5) is 0 Å². The Labute approximate surface area is 197 Å². The highest BCUT2D eigenvalue weighted by atomic mass is 16.5. The summed E-state index contributed by atoms with van der Waals surface area (Å²) in [6, 6.07) is 17.8. The molecule has 2 aliphatic rings. The van der Waals surface area contributed by atoms with Crippen molar-refractivity contribution in [3.8, 4) is 5.75 Å². The Balaban J connectivity index is 1.64. The fraction of sp³-hybridized carbons (Fsp3) is 0.519. The molecule has 0 bridgehead atoms. The van der Waals surface area contributed by atoms with Crippen LogP contribution < -0.4 is 4.74 Å². The Morgan fingerprint density at radius 1 is 0.879 bits per heavy atom. The van der Waals surface area contributed by atoms with E-state index < -0.39 is 0 Å². The van der Waals surface area contributed by atoms with Gasteiger partial charge in [0.1, 0.15) is 5.75 Å². The fourth-order valence-corrected chi connectivity index (χ4v) is 4.68. The normalized spacial score (nSPS) is 19.7. The van der Waals surface area contributed by atoms with Crippen LogP contribution in [0.3, 0.4) is 0 Å². The molecule has 0 radical (unpaired) electrons. The molecule has 2 fully saturated rings. The Kier molecular flexibility index (Phi) is 8.89. The van der Waals surface area contributed by atoms with E-state index >= 15 is 0 Å². The largest absolute Gasteiger partial charge is 0.494 e. The van der Waals surface area contributed by atoms with E-state index in [0.29, 0.717) is 33.0 Å². The Bertz CT molecular complexity index is 846. The molecule has 2 saturated heterocycles. The number of rotatable bonds is 10. The van der Waals surface area contributed by atoms with Crippen LogP contribution in [0.5, 0.6) is 5.75 Å². The average molecular weight is 453 g/mol. The summed E-state index contributed by atoms with van der Waals surface area (Å²) in [5, 5.41) is 0. The van der Waals surface area contributed by atoms with Gasteiger partial charge in [-0.1, -0.05) is 43.7 Å². The zero-order chi connectivity index (χ0) is 22.9. The third-order valence-corrected chi connectivity index (χ3v) is 6.49. The zero-order valence-corrected chi connectivity index (χ0v) is 19.7. The first-order valence-corrected chi connectivity index (χ1v) is 12.2. The van der Waals surface area contributed by atoms with Crippen LogP contribution in [0.15, 0.2) is 54.6 Å². The molecule has 33 heavy (non-hydrogen) atoms. The average Bonchev–Trinajstić information content (AvgIpc) is 2.89. The third-order valence-electron chi connectivity index (χ3n) is 6.49. The lowest BCUT2D eigenvalue weighted by Gasteiger charge is -2.44. The van der Waals surface area contributed by atoms with Gasteiger partial charge in [0.15, 0.2) is 5.78 Å². The summed E-state index contributed by atoms with van der Waals surface area (Å²) in [5.41, 5.74) is 1.90. The molecule has 2 aromatic carbocycles. The van der Waals surface area contributed by atoms with Gasteiger partial charge in [-0.05, 0) is 36.2 Å². The lowest BCUT2D eigenvalue weighted by atomic mass is 9.89. The minimum Gasteiger partial charge on any atom is -0.494 e. The number of carbonyl (C=O) groups excluding carboxylic acids is 1. The number of unbranched alkanes of at least 4 members (excludes halogenated alkanes) is 1. The summed E-state index contributed by atoms with van der Waals surface area (Å²) in [4.78, 5) is 18.8. The van der Waals surface area contributed by atoms with Gasteiger partial charge in [0.25, 0.3) is 0 Å². The van der Waals surface area contributed by atoms with Crippen LogP contribution in [0.2, 0.25) is 0 Å². The predicted octanol–water partition coefficient (Wildman–Crippen LogP) is 3.82. The minimum atomic E-state index is -0.291. The van der Waals surface area contributed by atoms with E-state index in [9.17, 15) is 4.79 Å². The van der Waals surface area contributed by atoms with Gasteiger partial charge in [-0.2, -0.15) is 0 Å². The molecule has 2 atom stereocenters. The molecule has 0 saturated carbocycles. The van der Waals surface area contributed by atoms with Crippen LogP contribution in [-0.2, 0) is 9.47 Å². The van der Waals surface area contributed by atoms with Gasteiger partial charge < -0.3 is 14.2 Å². The quantitative estimate of drug-likeness (QED) is 0.404. The molecule has 0 spiro atoms. The van der Waals surface area contributed by atoms with Crippen molar-refractivity contribution in [2.45, 2.75) is 31.8 Å². The van der Waals surface area contributed by atoms with Crippen LogP contribution in [0.1, 0.15) is 41.7 Å². The topological polar surface area (TPSA) is 51.2 Å². The smallest absolute Gasteiger partial charge is 0.181 e. The molecular formula is C27H36N2O4. The molecule has 0 aromatic heterocycles. The van der Waals surface area contributed by atoms with Gasteiger partial charge in [-0.3, -0.25) is 14.6 Å². The Hall–Kier alpha value is -2.25. The monoisotopic (exact) mass is 452 g/mol. The van der Waals surface area contributed by atoms with Crippen molar-refractivity contribution in [1.29, 1.82) is 0 Å². The number of nitrogens with zero attached hydrogens (tertiary/aromatic N) is 2. The van der Waals surface area contributed by atoms with Gasteiger partial charge in [0, 0.05) is 31.7 Å². The molecular weight excluding hydrogens is 416 g/mol. The Morgan fingerprint density at radius 3 is 2.09 bits per heavy atom. The number of benzene rings is 2. The first-order valence-electron chi connectivity index (χ1n) is 12.2. The zero-order valence-electron chi connectivity index (χ0n) is 19.7. The Morgan fingerprint density at radius 2 is 1.48 bits per heavy atom. The highest BCUT2D eigenvalue weighted by molar-refractivity contribution is 6.00. The molecule has 6 nitrogen and oxygen atoms in total. The SMILES string of the molecule is CCCCOc1ccc(C(=O)[C@@H]([C@@H](c2ccccc2)N2CCOCC2)N2CCOCC2)cc1. The number of carbonyl (C=O) groups is 1. The summed E-state index contributed by atoms with van der Waals surface area (Å²) >= 11 is 0. The molecule has 178 valence electrons. The second-order valence-electron chi connectivity index (χ2n) is 8.69. The van der Waals surface area contributed by atoms with E-state index in [2.05, 4.69) is 41.0 Å². The first-order chi connectivity index (χ1) is 16.3. The molecule has 2 heterocycles. The molecule has 2 aliphatic heterocycles. The lowest BCUT2D eigenvalue weighted by molar-refractivity contribution is -0.0301. The van der Waals surface area contributed by atoms with E-state index in [1.54, 1.807) is 0 Å². The highest BCUT2D eigenvalue weighted by Crippen LogP contribution is 2.32. The third kappa shape index (κ3) is 6.21. The molecule has 0 aliphatic carbocycles. The van der Waals surface area contributed by atoms with Gasteiger partial charge in [0.2, 0.25) is 0 Å². The van der Waals surface area contributed by atoms with Crippen molar-refractivity contribution in [1.82, 2.24) is 9.80 Å². The molecule has 2 aromatic rings. The maximum absolute atomic E-state index is 14.1. The van der Waals surface area contributed by atoms with Gasteiger partial charge >= 0.3 is 0 Å². The van der Waals surface area contributed by atoms with Crippen molar-refractivity contribution < 1.29 is 19.0 Å². The summed E-state index contributed by atoms with van der Waals surface area (Å²) in [5.74, 6) is 0.966. The number of ketones is 1. The van der Waals surface area contributed by atoms with Crippen LogP contribution in [0.25, 0.3) is 0 Å². The lowest BCUT2D eigenvalue weighted by Crippen LogP contribution is -2.55. The number of morpholine rings is 2. The molecule has 0 amide bonds. The van der Waals surface area contributed by atoms with Crippen molar-refractivity contribution in [2.75, 3.05) is 59.2 Å². The van der Waals surface area contributed by atoms with E-state index in [0.717, 1.165) is 50.3 Å². The number of Topliss-reactive ketones (excluding diaryl/α,β-unsaturated/α-hetero) is 1. The molecule has 0 N–H and O–H groups in total. The highest BCUT2D eigenvalue weighted by Gasteiger charge is 2.39. The predicted molar refractivity (Wildman–Crippen MR) is 129 cm³/mol. The van der Waals surface area contributed by atoms with Crippen LogP contribution >= 0.6 is 0 Å². The van der Waals surface area contributed by atoms with Gasteiger partial charge in [-0.15, -0.1) is 0 Å². The van der Waals surface area contributed by atoms with Gasteiger partial charge in [-0.25, -0.2) is 0 Å². The first kappa shape index (κ1) is 23.9. The maximum atomic E-state index is 14.1. The summed E-state index contributed by atoms with van der Waals surface area (Å²) in [6.07, 6.45) is 2.12. The number of ether oxygens (including phenoxy) is 3. The summed E-state index contributed by atoms with van der Waals surface area (Å²) in [7, 11) is 0. The second kappa shape index (κ2) is 12.3. The van der Waals surface area contributed by atoms with Crippen molar-refractivity contribution in [3.05, 3.63) is 65.7 Å². The van der Waals surface area contributed by atoms with Crippen molar-refractivity contribution in [2.24, 2.45) is 0 Å². The van der Waals surface area contributed by atoms with Crippen molar-refractivity contribution >= 4 is 5.78 Å². The van der Waals surface area contributed by atoms with Crippen LogP contribution in [-0.4, -0.2) is 80.8 Å². The summed E-state index contributed by atoms with van der Waals surface area (Å²) < 4.78 is 17.1. The van der Waals surface area contributed by atoms with E-state index in [1.807, 2.05) is 30.3 Å². The second-order valence-corrected chi connectivity index (χ2v) is 8.69. The maximum Gasteiger partial charge on any atom is 0.181 e. The van der Waals surface area contributed by atoms with Crippen LogP contribution in [0, 0.1) is 0 Å². The standard InChI is InChI=1S/C27H36N2O4/c1-2-3-17-33-24-11-9-23(10-12-24)27(30)26(29-15-20-32-21-16-29)25(22-7-5-4-6-8-22)28-13-18-31-19-14-28/h4-12,25-26H,2-3,13-21H2,1H3/t25-,26-/m1/s1. The number of hydrogen-bond acceptors (Lipinski definition) is 6. The molecule has 4 rings (SSSR count). The molecule has 6 heteroatoms. The summed E-state index contributed by atoms with van der Waals surface area (Å²) in [6.45, 7) is 8.67. The van der Waals surface area contributed by atoms with Crippen molar-refractivity contribution in [3.63, 3.8) is 0 Å². The van der Waals surface area contributed by atoms with E-state index in [4.69, 9.17) is 14.2 Å².